The Morgan fingerprint density at radius 2 is 2.29 bits per heavy atom. The van der Waals surface area contributed by atoms with E-state index in [0.717, 1.165) is 0 Å². The van der Waals surface area contributed by atoms with Gasteiger partial charge >= 0.3 is 0 Å². The molecule has 42 valence electrons. The van der Waals surface area contributed by atoms with Gasteiger partial charge in [0.05, 0.1) is 19.3 Å². The maximum atomic E-state index is 8.07. The minimum Gasteiger partial charge on any atom is -0.372 e. The first-order chi connectivity index (χ1) is 3.29. The number of nitrogens with zero attached hydrogens (tertiary/aromatic N) is 1. The summed E-state index contributed by atoms with van der Waals surface area (Å²) in [4.78, 5) is 0. The summed E-state index contributed by atoms with van der Waals surface area (Å²) in [5.41, 5.74) is 0. The van der Waals surface area contributed by atoms with Gasteiger partial charge in [0.15, 0.2) is 0 Å². The van der Waals surface area contributed by atoms with Crippen LogP contribution in [-0.2, 0) is 4.74 Å². The van der Waals surface area contributed by atoms with Crippen molar-refractivity contribution in [2.24, 2.45) is 0 Å². The lowest BCUT2D eigenvalue weighted by Gasteiger charge is -1.99. The molecule has 1 saturated heterocycles. The third kappa shape index (κ3) is 1.84. The van der Waals surface area contributed by atoms with Gasteiger partial charge in [-0.1, -0.05) is 5.23 Å². The Morgan fingerprint density at radius 3 is 2.43 bits per heavy atom. The van der Waals surface area contributed by atoms with Crippen LogP contribution in [0.1, 0.15) is 0 Å². The average Bonchev–Trinajstić information content (AvgIpc) is 2.17. The molecule has 0 radical (unpaired) electrons. The Kier molecular flexibility index (Phi) is 1.25. The molecule has 2 N–H and O–H groups in total. The van der Waals surface area contributed by atoms with Gasteiger partial charge in [-0.2, -0.15) is 0 Å². The highest BCUT2D eigenvalue weighted by molar-refractivity contribution is 4.68. The molecule has 1 heterocycles. The van der Waals surface area contributed by atoms with Gasteiger partial charge in [0.25, 0.3) is 0 Å². The number of epoxide rings is 1. The highest BCUT2D eigenvalue weighted by Crippen LogP contribution is 2.07. The molecule has 0 aliphatic carbocycles. The van der Waals surface area contributed by atoms with Crippen LogP contribution < -0.4 is 0 Å². The summed E-state index contributed by atoms with van der Waals surface area (Å²) >= 11 is 0. The quantitative estimate of drug-likeness (QED) is 0.366. The van der Waals surface area contributed by atoms with Gasteiger partial charge in [-0.15, -0.1) is 0 Å². The van der Waals surface area contributed by atoms with Gasteiger partial charge in [0, 0.05) is 0 Å². The van der Waals surface area contributed by atoms with Crippen molar-refractivity contribution in [1.82, 2.24) is 5.23 Å². The SMILES string of the molecule is ON(O)CC1CO1. The predicted octanol–water partition coefficient (Wildman–Crippen LogP) is -0.534. The third-order valence-corrected chi connectivity index (χ3v) is 0.769. The van der Waals surface area contributed by atoms with Crippen LogP contribution in [0.2, 0.25) is 0 Å². The number of hydroxylamine groups is 2. The van der Waals surface area contributed by atoms with Gasteiger partial charge in [-0.25, -0.2) is 0 Å². The summed E-state index contributed by atoms with van der Waals surface area (Å²) in [5, 5.41) is 16.3. The Hall–Kier alpha value is -0.160. The molecular weight excluding hydrogens is 98.0 g/mol. The van der Waals surface area contributed by atoms with E-state index in [9.17, 15) is 0 Å². The largest absolute Gasteiger partial charge is 0.372 e. The van der Waals surface area contributed by atoms with E-state index in [0.29, 0.717) is 6.61 Å². The number of hydrogen-bond acceptors (Lipinski definition) is 4. The molecule has 0 spiro atoms. The van der Waals surface area contributed by atoms with Crippen molar-refractivity contribution >= 4 is 0 Å². The topological polar surface area (TPSA) is 56.2 Å². The highest BCUT2D eigenvalue weighted by atomic mass is 16.8. The molecule has 1 rings (SSSR count). The lowest BCUT2D eigenvalue weighted by Crippen LogP contribution is -2.19. The Labute approximate surface area is 40.8 Å². The van der Waals surface area contributed by atoms with E-state index < -0.39 is 0 Å². The normalized spacial score (nSPS) is 28.7. The second kappa shape index (κ2) is 1.75. The van der Waals surface area contributed by atoms with Gasteiger partial charge in [-0.3, -0.25) is 10.4 Å². The maximum Gasteiger partial charge on any atom is 0.0984 e. The molecule has 0 amide bonds. The lowest BCUT2D eigenvalue weighted by atomic mass is 10.5. The van der Waals surface area contributed by atoms with Gasteiger partial charge in [0.2, 0.25) is 0 Å². The maximum absolute atomic E-state index is 8.07. The van der Waals surface area contributed by atoms with Crippen LogP contribution in [0.4, 0.5) is 0 Å². The molecule has 0 bridgehead atoms. The van der Waals surface area contributed by atoms with Crippen LogP contribution in [0.3, 0.4) is 0 Å². The Morgan fingerprint density at radius 1 is 1.71 bits per heavy atom. The summed E-state index contributed by atoms with van der Waals surface area (Å²) in [6.45, 7) is 0.845. The van der Waals surface area contributed by atoms with E-state index >= 15 is 0 Å². The zero-order valence-corrected chi connectivity index (χ0v) is 3.74. The third-order valence-electron chi connectivity index (χ3n) is 0.769. The molecule has 0 aromatic carbocycles. The van der Waals surface area contributed by atoms with Crippen LogP contribution in [0.25, 0.3) is 0 Å². The van der Waals surface area contributed by atoms with Crippen LogP contribution in [0.15, 0.2) is 0 Å². The summed E-state index contributed by atoms with van der Waals surface area (Å²) in [6, 6.07) is 0. The Balaban J connectivity index is 1.97. The molecule has 1 unspecified atom stereocenters. The van der Waals surface area contributed by atoms with Gasteiger partial charge in [-0.05, 0) is 0 Å². The second-order valence-corrected chi connectivity index (χ2v) is 1.51. The fourth-order valence-corrected chi connectivity index (χ4v) is 0.356. The monoisotopic (exact) mass is 105 g/mol. The zero-order valence-electron chi connectivity index (χ0n) is 3.74. The first kappa shape index (κ1) is 4.99. The predicted molar refractivity (Wildman–Crippen MR) is 20.0 cm³/mol. The zero-order chi connectivity index (χ0) is 5.28. The van der Waals surface area contributed by atoms with E-state index in [2.05, 4.69) is 4.74 Å². The molecule has 1 fully saturated rings. The highest BCUT2D eigenvalue weighted by Gasteiger charge is 2.24. The number of rotatable bonds is 2. The Bertz CT molecular complexity index is 61.2. The van der Waals surface area contributed by atoms with Crippen LogP contribution >= 0.6 is 0 Å². The second-order valence-electron chi connectivity index (χ2n) is 1.51. The molecular formula is C3H7NO3. The van der Waals surface area contributed by atoms with Crippen molar-refractivity contribution in [3.8, 4) is 0 Å². The van der Waals surface area contributed by atoms with Crippen molar-refractivity contribution < 1.29 is 15.2 Å². The fourth-order valence-electron chi connectivity index (χ4n) is 0.356. The fraction of sp³-hybridized carbons (Fsp3) is 1.00. The first-order valence-corrected chi connectivity index (χ1v) is 2.06. The van der Waals surface area contributed by atoms with Gasteiger partial charge in [0.1, 0.15) is 0 Å². The van der Waals surface area contributed by atoms with Crippen molar-refractivity contribution in [3.63, 3.8) is 0 Å². The summed E-state index contributed by atoms with van der Waals surface area (Å²) < 4.78 is 4.66. The number of hydrogen-bond donors (Lipinski definition) is 2. The van der Waals surface area contributed by atoms with E-state index in [1.54, 1.807) is 0 Å². The molecule has 1 aliphatic rings. The molecule has 0 aromatic heterocycles. The molecule has 0 aromatic rings. The van der Waals surface area contributed by atoms with Crippen LogP contribution in [0, 0.1) is 0 Å². The number of ether oxygens (including phenoxy) is 1. The van der Waals surface area contributed by atoms with Crippen LogP contribution in [-0.4, -0.2) is 34.9 Å². The van der Waals surface area contributed by atoms with E-state index in [4.69, 9.17) is 10.4 Å². The van der Waals surface area contributed by atoms with Crippen molar-refractivity contribution in [2.45, 2.75) is 6.10 Å². The minimum absolute atomic E-state index is 0.0509. The first-order valence-electron chi connectivity index (χ1n) is 2.06. The molecule has 4 heteroatoms. The molecule has 7 heavy (non-hydrogen) atoms. The van der Waals surface area contributed by atoms with Crippen molar-refractivity contribution in [2.75, 3.05) is 13.2 Å². The molecule has 0 saturated carbocycles. The molecule has 1 aliphatic heterocycles. The summed E-state index contributed by atoms with van der Waals surface area (Å²) in [5.74, 6) is 0. The minimum atomic E-state index is 0.0509. The van der Waals surface area contributed by atoms with Gasteiger partial charge < -0.3 is 4.74 Å². The van der Waals surface area contributed by atoms with Crippen molar-refractivity contribution in [3.05, 3.63) is 0 Å². The molecule has 1 atom stereocenters. The average molecular weight is 105 g/mol. The van der Waals surface area contributed by atoms with Crippen LogP contribution in [0.5, 0.6) is 0 Å². The van der Waals surface area contributed by atoms with Crippen molar-refractivity contribution in [1.29, 1.82) is 0 Å². The lowest BCUT2D eigenvalue weighted by molar-refractivity contribution is -0.307. The smallest absolute Gasteiger partial charge is 0.0984 e. The van der Waals surface area contributed by atoms with E-state index in [1.165, 1.54) is 0 Å². The molecule has 4 nitrogen and oxygen atoms in total. The summed E-state index contributed by atoms with van der Waals surface area (Å²) in [6.07, 6.45) is 0.0509. The van der Waals surface area contributed by atoms with E-state index in [-0.39, 0.29) is 17.9 Å². The standard InChI is InChI=1S/C3H7NO3/c5-4(6)1-3-2-7-3/h3,5-6H,1-2H2. The van der Waals surface area contributed by atoms with E-state index in [1.807, 2.05) is 0 Å². The summed E-state index contributed by atoms with van der Waals surface area (Å²) in [7, 11) is 0.